The Morgan fingerprint density at radius 2 is 1.72 bits per heavy atom. The van der Waals surface area contributed by atoms with Crippen LogP contribution >= 0.6 is 0 Å². The monoisotopic (exact) mass is 489 g/mol. The zero-order chi connectivity index (χ0) is 25.8. The highest BCUT2D eigenvalue weighted by molar-refractivity contribution is 5.95. The van der Waals surface area contributed by atoms with Crippen molar-refractivity contribution in [1.82, 2.24) is 16.0 Å². The SMILES string of the molecule is COC(=O)/C=C/[C@H](C[C@@H]1CCNC1=O)NC(=O)[C@H](Cc1ccccc1)NC(=O)/C=C/c1ccccc1. The van der Waals surface area contributed by atoms with E-state index in [1.807, 2.05) is 60.7 Å². The first-order chi connectivity index (χ1) is 17.4. The highest BCUT2D eigenvalue weighted by atomic mass is 16.5. The van der Waals surface area contributed by atoms with E-state index < -0.39 is 29.9 Å². The number of carbonyl (C=O) groups excluding carboxylic acids is 4. The molecule has 0 bridgehead atoms. The van der Waals surface area contributed by atoms with E-state index in [1.54, 1.807) is 6.08 Å². The minimum Gasteiger partial charge on any atom is -0.466 e. The summed E-state index contributed by atoms with van der Waals surface area (Å²) in [5.41, 5.74) is 1.74. The van der Waals surface area contributed by atoms with E-state index in [2.05, 4.69) is 20.7 Å². The van der Waals surface area contributed by atoms with Crippen LogP contribution in [0.3, 0.4) is 0 Å². The minimum atomic E-state index is -0.869. The number of carbonyl (C=O) groups is 4. The van der Waals surface area contributed by atoms with Crippen molar-refractivity contribution >= 4 is 29.8 Å². The lowest BCUT2D eigenvalue weighted by atomic mass is 9.97. The molecule has 0 radical (unpaired) electrons. The fourth-order valence-corrected chi connectivity index (χ4v) is 3.92. The van der Waals surface area contributed by atoms with Gasteiger partial charge in [0.05, 0.1) is 7.11 Å². The molecule has 8 nitrogen and oxygen atoms in total. The summed E-state index contributed by atoms with van der Waals surface area (Å²) in [5.74, 6) is -1.76. The van der Waals surface area contributed by atoms with Gasteiger partial charge in [-0.3, -0.25) is 14.4 Å². The van der Waals surface area contributed by atoms with Crippen LogP contribution in [0, 0.1) is 5.92 Å². The van der Waals surface area contributed by atoms with Crippen molar-refractivity contribution in [2.45, 2.75) is 31.3 Å². The summed E-state index contributed by atoms with van der Waals surface area (Å²) in [7, 11) is 1.26. The highest BCUT2D eigenvalue weighted by Gasteiger charge is 2.29. The van der Waals surface area contributed by atoms with E-state index in [-0.39, 0.29) is 18.2 Å². The van der Waals surface area contributed by atoms with Gasteiger partial charge in [-0.15, -0.1) is 0 Å². The molecule has 188 valence electrons. The largest absolute Gasteiger partial charge is 0.466 e. The molecular weight excluding hydrogens is 458 g/mol. The molecule has 2 aromatic carbocycles. The van der Waals surface area contributed by atoms with Gasteiger partial charge >= 0.3 is 5.97 Å². The lowest BCUT2D eigenvalue weighted by Crippen LogP contribution is -2.50. The van der Waals surface area contributed by atoms with Gasteiger partial charge in [0, 0.05) is 37.1 Å². The van der Waals surface area contributed by atoms with Gasteiger partial charge in [-0.05, 0) is 30.0 Å². The summed E-state index contributed by atoms with van der Waals surface area (Å²) in [5, 5.41) is 8.46. The smallest absolute Gasteiger partial charge is 0.330 e. The fourth-order valence-electron chi connectivity index (χ4n) is 3.92. The third-order valence-electron chi connectivity index (χ3n) is 5.84. The van der Waals surface area contributed by atoms with Gasteiger partial charge in [0.2, 0.25) is 17.7 Å². The third kappa shape index (κ3) is 8.54. The van der Waals surface area contributed by atoms with Crippen molar-refractivity contribution < 1.29 is 23.9 Å². The Balaban J connectivity index is 1.74. The number of amides is 3. The van der Waals surface area contributed by atoms with Crippen LogP contribution in [0.25, 0.3) is 6.08 Å². The van der Waals surface area contributed by atoms with E-state index in [9.17, 15) is 19.2 Å². The maximum Gasteiger partial charge on any atom is 0.330 e. The summed E-state index contributed by atoms with van der Waals surface area (Å²) in [6.45, 7) is 0.575. The van der Waals surface area contributed by atoms with Gasteiger partial charge in [0.15, 0.2) is 0 Å². The van der Waals surface area contributed by atoms with Gasteiger partial charge in [-0.25, -0.2) is 4.79 Å². The lowest BCUT2D eigenvalue weighted by molar-refractivity contribution is -0.135. The van der Waals surface area contributed by atoms with Crippen LogP contribution in [0.4, 0.5) is 0 Å². The van der Waals surface area contributed by atoms with Crippen molar-refractivity contribution in [1.29, 1.82) is 0 Å². The number of esters is 1. The number of hydrogen-bond acceptors (Lipinski definition) is 5. The number of benzene rings is 2. The average Bonchev–Trinajstić information content (AvgIpc) is 3.30. The molecule has 3 rings (SSSR count). The molecule has 3 amide bonds. The summed E-state index contributed by atoms with van der Waals surface area (Å²) in [6, 6.07) is 17.3. The Bertz CT molecular complexity index is 1100. The Morgan fingerprint density at radius 3 is 2.36 bits per heavy atom. The first kappa shape index (κ1) is 26.4. The van der Waals surface area contributed by atoms with E-state index in [4.69, 9.17) is 0 Å². The molecule has 0 spiro atoms. The predicted octanol–water partition coefficient (Wildman–Crippen LogP) is 2.17. The molecule has 36 heavy (non-hydrogen) atoms. The van der Waals surface area contributed by atoms with Gasteiger partial charge in [-0.2, -0.15) is 0 Å². The number of nitrogens with one attached hydrogen (secondary N) is 3. The van der Waals surface area contributed by atoms with Crippen molar-refractivity contribution in [3.63, 3.8) is 0 Å². The van der Waals surface area contributed by atoms with Crippen LogP contribution in [-0.4, -0.2) is 49.4 Å². The number of hydrogen-bond donors (Lipinski definition) is 3. The second-order valence-electron chi connectivity index (χ2n) is 8.50. The topological polar surface area (TPSA) is 114 Å². The zero-order valence-corrected chi connectivity index (χ0v) is 20.2. The third-order valence-corrected chi connectivity index (χ3v) is 5.84. The molecule has 1 aliphatic rings. The van der Waals surface area contributed by atoms with Crippen molar-refractivity contribution in [3.05, 3.63) is 90.0 Å². The van der Waals surface area contributed by atoms with Crippen LogP contribution in [0.2, 0.25) is 0 Å². The zero-order valence-electron chi connectivity index (χ0n) is 20.2. The second-order valence-corrected chi connectivity index (χ2v) is 8.50. The van der Waals surface area contributed by atoms with Gasteiger partial charge < -0.3 is 20.7 Å². The lowest BCUT2D eigenvalue weighted by Gasteiger charge is -2.23. The Kier molecular flexibility index (Phi) is 10.00. The van der Waals surface area contributed by atoms with E-state index in [1.165, 1.54) is 25.3 Å². The van der Waals surface area contributed by atoms with Gasteiger partial charge in [0.1, 0.15) is 6.04 Å². The van der Waals surface area contributed by atoms with E-state index in [0.29, 0.717) is 19.4 Å². The molecule has 0 aromatic heterocycles. The molecule has 2 aromatic rings. The quantitative estimate of drug-likeness (QED) is 0.331. The second kappa shape index (κ2) is 13.6. The maximum absolute atomic E-state index is 13.3. The molecular formula is C28H31N3O5. The van der Waals surface area contributed by atoms with Crippen LogP contribution in [0.1, 0.15) is 24.0 Å². The van der Waals surface area contributed by atoms with Crippen LogP contribution in [0.15, 0.2) is 78.9 Å². The molecule has 1 aliphatic heterocycles. The normalized spacial score (nSPS) is 16.9. The first-order valence-corrected chi connectivity index (χ1v) is 11.9. The standard InChI is InChI=1S/C28H31N3O5/c1-36-26(33)15-13-23(19-22-16-17-29-27(22)34)30-28(35)24(18-21-10-6-3-7-11-21)31-25(32)14-12-20-8-4-2-5-9-20/h2-15,22-24H,16-19H2,1H3,(H,29,34)(H,30,35)(H,31,32)/b14-12+,15-13+/t22-,23+,24-/m0/s1. The summed E-state index contributed by atoms with van der Waals surface area (Å²) in [6.07, 6.45) is 7.05. The molecule has 1 fully saturated rings. The van der Waals surface area contributed by atoms with Crippen molar-refractivity contribution in [2.24, 2.45) is 5.92 Å². The Morgan fingerprint density at radius 1 is 1.03 bits per heavy atom. The van der Waals surface area contributed by atoms with Crippen molar-refractivity contribution in [2.75, 3.05) is 13.7 Å². The molecule has 3 N–H and O–H groups in total. The summed E-state index contributed by atoms with van der Waals surface area (Å²) < 4.78 is 4.66. The van der Waals surface area contributed by atoms with Gasteiger partial charge in [0.25, 0.3) is 0 Å². The van der Waals surface area contributed by atoms with Crippen molar-refractivity contribution in [3.8, 4) is 0 Å². The van der Waals surface area contributed by atoms with Crippen LogP contribution in [-0.2, 0) is 30.3 Å². The van der Waals surface area contributed by atoms with Crippen LogP contribution in [0.5, 0.6) is 0 Å². The highest BCUT2D eigenvalue weighted by Crippen LogP contribution is 2.17. The van der Waals surface area contributed by atoms with Crippen LogP contribution < -0.4 is 16.0 Å². The average molecular weight is 490 g/mol. The maximum atomic E-state index is 13.3. The van der Waals surface area contributed by atoms with E-state index >= 15 is 0 Å². The molecule has 1 heterocycles. The number of ether oxygens (including phenoxy) is 1. The molecule has 8 heteroatoms. The molecule has 1 saturated heterocycles. The summed E-state index contributed by atoms with van der Waals surface area (Å²) >= 11 is 0. The van der Waals surface area contributed by atoms with E-state index in [0.717, 1.165) is 11.1 Å². The minimum absolute atomic E-state index is 0.0825. The molecule has 0 unspecified atom stereocenters. The molecule has 0 saturated carbocycles. The Labute approximate surface area is 210 Å². The predicted molar refractivity (Wildman–Crippen MR) is 136 cm³/mol. The number of methoxy groups -OCH3 is 1. The fraction of sp³-hybridized carbons (Fsp3) is 0.286. The summed E-state index contributed by atoms with van der Waals surface area (Å²) in [4.78, 5) is 49.8. The van der Waals surface area contributed by atoms with Gasteiger partial charge in [-0.1, -0.05) is 66.7 Å². The molecule has 0 aliphatic carbocycles. The molecule has 3 atom stereocenters. The Hall–Kier alpha value is -4.20. The first-order valence-electron chi connectivity index (χ1n) is 11.9. The number of rotatable bonds is 11.